The standard InChI is InChI=1S/C25H21F5IN6O2P/c26-24(27,28)14-8-32-21(33-9-14)17-6-13-3-4-37(23(39)16(13)7-18(17)31)11-12-1-2-15(5-12)35-19-10-34-36-22(38)20(19)25(29,30)40/h3-4,6-10,12,15H,1-2,5,11,40H2,(H2,35,36,38)/t12-,15+/m0/s1. The van der Waals surface area contributed by atoms with Crippen molar-refractivity contribution in [1.82, 2.24) is 24.7 Å². The molecule has 3 heterocycles. The van der Waals surface area contributed by atoms with Crippen LogP contribution in [0, 0.1) is 9.49 Å². The molecule has 0 aliphatic heterocycles. The van der Waals surface area contributed by atoms with Crippen molar-refractivity contribution in [3.05, 3.63) is 78.4 Å². The van der Waals surface area contributed by atoms with E-state index < -0.39 is 28.5 Å². The molecule has 0 spiro atoms. The summed E-state index contributed by atoms with van der Waals surface area (Å²) in [5.41, 5.74) is -5.78. The fraction of sp³-hybridized carbons (Fsp3) is 0.320. The summed E-state index contributed by atoms with van der Waals surface area (Å²) in [6, 6.07) is 4.91. The number of hydrogen-bond donors (Lipinski definition) is 2. The van der Waals surface area contributed by atoms with Crippen LogP contribution in [-0.4, -0.2) is 30.8 Å². The third-order valence-electron chi connectivity index (χ3n) is 6.83. The Labute approximate surface area is 239 Å². The van der Waals surface area contributed by atoms with Crippen molar-refractivity contribution in [2.24, 2.45) is 5.92 Å². The lowest BCUT2D eigenvalue weighted by Gasteiger charge is -2.19. The molecule has 0 radical (unpaired) electrons. The number of alkyl halides is 5. The second kappa shape index (κ2) is 10.8. The molecule has 0 saturated heterocycles. The molecule has 1 aliphatic carbocycles. The van der Waals surface area contributed by atoms with Gasteiger partial charge in [0.15, 0.2) is 5.82 Å². The van der Waals surface area contributed by atoms with Crippen LogP contribution in [0.2, 0.25) is 0 Å². The van der Waals surface area contributed by atoms with E-state index in [0.717, 1.165) is 18.8 Å². The van der Waals surface area contributed by atoms with Gasteiger partial charge in [-0.25, -0.2) is 15.1 Å². The molecule has 4 aromatic rings. The number of halogens is 6. The first kappa shape index (κ1) is 28.5. The first-order chi connectivity index (χ1) is 18.8. The molecule has 3 atom stereocenters. The maximum absolute atomic E-state index is 14.0. The Morgan fingerprint density at radius 1 is 1.10 bits per heavy atom. The number of benzene rings is 1. The van der Waals surface area contributed by atoms with E-state index in [2.05, 4.69) is 20.4 Å². The fourth-order valence-electron chi connectivity index (χ4n) is 4.94. The number of fused-ring (bicyclic) bond motifs is 1. The van der Waals surface area contributed by atoms with Crippen molar-refractivity contribution < 1.29 is 22.0 Å². The smallest absolute Gasteiger partial charge is 0.380 e. The minimum Gasteiger partial charge on any atom is -0.380 e. The third kappa shape index (κ3) is 5.87. The van der Waals surface area contributed by atoms with E-state index in [4.69, 9.17) is 0 Å². The van der Waals surface area contributed by atoms with Gasteiger partial charge in [-0.15, -0.1) is 0 Å². The van der Waals surface area contributed by atoms with Crippen molar-refractivity contribution >= 4 is 48.3 Å². The van der Waals surface area contributed by atoms with E-state index >= 15 is 0 Å². The average molecular weight is 690 g/mol. The fourth-order valence-corrected chi connectivity index (χ4v) is 5.94. The molecular weight excluding hydrogens is 669 g/mol. The van der Waals surface area contributed by atoms with Crippen LogP contribution >= 0.6 is 31.8 Å². The number of aromatic amines is 1. The number of H-pyrrole nitrogens is 1. The Balaban J connectivity index is 1.33. The number of aromatic nitrogens is 5. The Morgan fingerprint density at radius 2 is 1.82 bits per heavy atom. The largest absolute Gasteiger partial charge is 0.419 e. The highest BCUT2D eigenvalue weighted by atomic mass is 127. The lowest BCUT2D eigenvalue weighted by atomic mass is 10.1. The summed E-state index contributed by atoms with van der Waals surface area (Å²) in [6.45, 7) is 0.410. The average Bonchev–Trinajstić information content (AvgIpc) is 3.31. The highest BCUT2D eigenvalue weighted by Crippen LogP contribution is 2.38. The predicted molar refractivity (Wildman–Crippen MR) is 150 cm³/mol. The number of rotatable bonds is 6. The molecular formula is C25H21F5IN6O2P. The van der Waals surface area contributed by atoms with Crippen molar-refractivity contribution in [1.29, 1.82) is 0 Å². The lowest BCUT2D eigenvalue weighted by Crippen LogP contribution is -2.27. The number of nitrogens with zero attached hydrogens (tertiary/aromatic N) is 4. The maximum atomic E-state index is 14.0. The number of pyridine rings is 1. The molecule has 8 nitrogen and oxygen atoms in total. The molecule has 1 unspecified atom stereocenters. The maximum Gasteiger partial charge on any atom is 0.419 e. The van der Waals surface area contributed by atoms with Crippen molar-refractivity contribution in [3.63, 3.8) is 0 Å². The Kier molecular flexibility index (Phi) is 7.68. The van der Waals surface area contributed by atoms with Crippen LogP contribution in [0.3, 0.4) is 0 Å². The van der Waals surface area contributed by atoms with Gasteiger partial charge in [0.2, 0.25) is 0 Å². The van der Waals surface area contributed by atoms with Gasteiger partial charge in [-0.3, -0.25) is 9.59 Å². The van der Waals surface area contributed by atoms with Gasteiger partial charge in [0.05, 0.1) is 17.4 Å². The molecule has 2 N–H and O–H groups in total. The molecule has 40 heavy (non-hydrogen) atoms. The van der Waals surface area contributed by atoms with Crippen LogP contribution in [0.5, 0.6) is 0 Å². The van der Waals surface area contributed by atoms with Crippen LogP contribution in [0.1, 0.15) is 30.4 Å². The number of nitrogens with one attached hydrogen (secondary N) is 2. The summed E-state index contributed by atoms with van der Waals surface area (Å²) in [5.74, 6) is 0.202. The Morgan fingerprint density at radius 3 is 2.50 bits per heavy atom. The van der Waals surface area contributed by atoms with E-state index in [1.54, 1.807) is 29.0 Å². The highest BCUT2D eigenvalue weighted by Gasteiger charge is 2.34. The summed E-state index contributed by atoms with van der Waals surface area (Å²) >= 11 is 2.00. The second-order valence-corrected chi connectivity index (χ2v) is 11.5. The van der Waals surface area contributed by atoms with Crippen LogP contribution in [-0.2, 0) is 18.4 Å². The zero-order valence-electron chi connectivity index (χ0n) is 20.5. The van der Waals surface area contributed by atoms with E-state index in [0.29, 0.717) is 39.3 Å². The van der Waals surface area contributed by atoms with E-state index in [1.807, 2.05) is 27.7 Å². The predicted octanol–water partition coefficient (Wildman–Crippen LogP) is 5.37. The van der Waals surface area contributed by atoms with Crippen LogP contribution < -0.4 is 16.4 Å². The first-order valence-electron chi connectivity index (χ1n) is 12.0. The zero-order chi connectivity index (χ0) is 28.8. The van der Waals surface area contributed by atoms with E-state index in [-0.39, 0.29) is 29.0 Å². The van der Waals surface area contributed by atoms with Gasteiger partial charge in [0.1, 0.15) is 5.56 Å². The van der Waals surface area contributed by atoms with Crippen LogP contribution in [0.4, 0.5) is 27.6 Å². The normalized spacial score (nSPS) is 17.9. The molecule has 3 aromatic heterocycles. The third-order valence-corrected chi connectivity index (χ3v) is 8.01. The molecule has 0 amide bonds. The summed E-state index contributed by atoms with van der Waals surface area (Å²) < 4.78 is 68.8. The van der Waals surface area contributed by atoms with Crippen molar-refractivity contribution in [2.45, 2.75) is 43.7 Å². The summed E-state index contributed by atoms with van der Waals surface area (Å²) in [6.07, 6.45) is 1.74. The molecule has 210 valence electrons. The van der Waals surface area contributed by atoms with E-state index in [1.165, 1.54) is 15.4 Å². The van der Waals surface area contributed by atoms with Crippen LogP contribution in [0.15, 0.2) is 52.6 Å². The monoisotopic (exact) mass is 690 g/mol. The van der Waals surface area contributed by atoms with E-state index in [9.17, 15) is 31.5 Å². The molecule has 1 aromatic carbocycles. The summed E-state index contributed by atoms with van der Waals surface area (Å²) in [5, 5.41) is 9.72. The zero-order valence-corrected chi connectivity index (χ0v) is 23.8. The Bertz CT molecular complexity index is 1690. The topological polar surface area (TPSA) is 106 Å². The van der Waals surface area contributed by atoms with Gasteiger partial charge in [0.25, 0.3) is 16.8 Å². The van der Waals surface area contributed by atoms with Gasteiger partial charge in [0, 0.05) is 45.7 Å². The molecule has 5 rings (SSSR count). The first-order valence-corrected chi connectivity index (χ1v) is 13.7. The minimum atomic E-state index is -4.54. The molecule has 1 fully saturated rings. The van der Waals surface area contributed by atoms with Gasteiger partial charge in [-0.2, -0.15) is 27.1 Å². The lowest BCUT2D eigenvalue weighted by molar-refractivity contribution is -0.138. The van der Waals surface area contributed by atoms with Gasteiger partial charge < -0.3 is 9.88 Å². The molecule has 1 aliphatic rings. The number of anilines is 1. The van der Waals surface area contributed by atoms with Crippen molar-refractivity contribution in [3.8, 4) is 11.4 Å². The SMILES string of the molecule is O=c1[nH]ncc(N[C@@H]2CC[C@H](Cn3ccc4cc(-c5ncc(C(F)(F)F)cn5)c(I)cc4c3=O)C2)c1C(F)(F)P. The highest BCUT2D eigenvalue weighted by molar-refractivity contribution is 14.1. The Hall–Kier alpha value is -3.00. The molecule has 0 bridgehead atoms. The molecule has 1 saturated carbocycles. The summed E-state index contributed by atoms with van der Waals surface area (Å²) in [4.78, 5) is 33.0. The second-order valence-electron chi connectivity index (χ2n) is 9.62. The van der Waals surface area contributed by atoms with Crippen LogP contribution in [0.25, 0.3) is 22.2 Å². The van der Waals surface area contributed by atoms with Gasteiger partial charge >= 0.3 is 6.18 Å². The van der Waals surface area contributed by atoms with Gasteiger partial charge in [-0.05, 0) is 71.4 Å². The molecule has 15 heteroatoms. The van der Waals surface area contributed by atoms with Crippen molar-refractivity contribution in [2.75, 3.05) is 5.32 Å². The number of hydrogen-bond acceptors (Lipinski definition) is 6. The minimum absolute atomic E-state index is 0.0281. The summed E-state index contributed by atoms with van der Waals surface area (Å²) in [7, 11) is 1.36. The van der Waals surface area contributed by atoms with Gasteiger partial charge in [-0.1, -0.05) is 9.24 Å². The quantitative estimate of drug-likeness (QED) is 0.160.